The van der Waals surface area contributed by atoms with Crippen molar-refractivity contribution < 1.29 is 18.7 Å². The zero-order chi connectivity index (χ0) is 12.1. The minimum Gasteiger partial charge on any atom is -0.481 e. The predicted molar refractivity (Wildman–Crippen MR) is 55.1 cm³/mol. The number of alkyl halides is 2. The van der Waals surface area contributed by atoms with Gasteiger partial charge in [0.25, 0.3) is 5.92 Å². The van der Waals surface area contributed by atoms with Crippen molar-refractivity contribution in [2.24, 2.45) is 5.41 Å². The first-order chi connectivity index (χ1) is 6.81. The molecule has 0 amide bonds. The van der Waals surface area contributed by atoms with Crippen LogP contribution in [0.5, 0.6) is 0 Å². The second kappa shape index (κ2) is 5.42. The minimum atomic E-state index is -3.17. The highest BCUT2D eigenvalue weighted by Gasteiger charge is 2.54. The topological polar surface area (TPSA) is 37.3 Å². The number of unbranched alkanes of at least 4 members (excludes halogenated alkanes) is 2. The van der Waals surface area contributed by atoms with Crippen LogP contribution in [-0.4, -0.2) is 17.0 Å². The Morgan fingerprint density at radius 3 is 2.07 bits per heavy atom. The molecule has 2 nitrogen and oxygen atoms in total. The van der Waals surface area contributed by atoms with Gasteiger partial charge in [-0.15, -0.1) is 0 Å². The van der Waals surface area contributed by atoms with Crippen LogP contribution in [0.15, 0.2) is 0 Å². The van der Waals surface area contributed by atoms with E-state index in [1.54, 1.807) is 0 Å². The number of hydrogen-bond donors (Lipinski definition) is 1. The van der Waals surface area contributed by atoms with Crippen LogP contribution in [0.4, 0.5) is 8.78 Å². The van der Waals surface area contributed by atoms with Gasteiger partial charge in [-0.1, -0.05) is 33.1 Å². The van der Waals surface area contributed by atoms with E-state index in [1.165, 1.54) is 6.92 Å². The van der Waals surface area contributed by atoms with Crippen molar-refractivity contribution in [1.82, 2.24) is 0 Å². The Morgan fingerprint density at radius 2 is 1.80 bits per heavy atom. The number of carboxylic acid groups (broad SMARTS) is 1. The average Bonchev–Trinajstić information content (AvgIpc) is 2.10. The Bertz CT molecular complexity index is 211. The molecule has 0 aromatic heterocycles. The van der Waals surface area contributed by atoms with Crippen molar-refractivity contribution in [3.05, 3.63) is 0 Å². The molecule has 0 rings (SSSR count). The molecule has 90 valence electrons. The fraction of sp³-hybridized carbons (Fsp3) is 0.909. The summed E-state index contributed by atoms with van der Waals surface area (Å²) < 4.78 is 26.7. The first kappa shape index (κ1) is 14.3. The molecule has 0 bridgehead atoms. The van der Waals surface area contributed by atoms with E-state index in [2.05, 4.69) is 0 Å². The normalized spacial score (nSPS) is 16.1. The minimum absolute atomic E-state index is 0.0322. The van der Waals surface area contributed by atoms with Crippen LogP contribution in [0.25, 0.3) is 0 Å². The summed E-state index contributed by atoms with van der Waals surface area (Å²) in [5.74, 6) is -4.55. The van der Waals surface area contributed by atoms with Gasteiger partial charge in [0.1, 0.15) is 5.41 Å². The van der Waals surface area contributed by atoms with Gasteiger partial charge in [-0.25, -0.2) is 8.78 Å². The lowest BCUT2D eigenvalue weighted by Crippen LogP contribution is -2.45. The maximum atomic E-state index is 13.3. The highest BCUT2D eigenvalue weighted by atomic mass is 19.3. The van der Waals surface area contributed by atoms with Crippen molar-refractivity contribution in [2.45, 2.75) is 58.8 Å². The van der Waals surface area contributed by atoms with E-state index in [4.69, 9.17) is 5.11 Å². The third kappa shape index (κ3) is 3.14. The van der Waals surface area contributed by atoms with E-state index in [-0.39, 0.29) is 12.8 Å². The Hall–Kier alpha value is -0.670. The molecule has 0 heterocycles. The van der Waals surface area contributed by atoms with Gasteiger partial charge < -0.3 is 5.11 Å². The first-order valence-electron chi connectivity index (χ1n) is 5.43. The number of halogens is 2. The van der Waals surface area contributed by atoms with E-state index in [0.717, 1.165) is 12.8 Å². The molecule has 0 radical (unpaired) electrons. The molecule has 0 spiro atoms. The second-order valence-electron chi connectivity index (χ2n) is 4.09. The van der Waals surface area contributed by atoms with E-state index < -0.39 is 17.3 Å². The van der Waals surface area contributed by atoms with E-state index >= 15 is 0 Å². The SMILES string of the molecule is CCCCCC(CC)(C(=O)O)C(C)(F)F. The second-order valence-corrected chi connectivity index (χ2v) is 4.09. The molecule has 0 aliphatic heterocycles. The summed E-state index contributed by atoms with van der Waals surface area (Å²) in [4.78, 5) is 11.0. The van der Waals surface area contributed by atoms with Gasteiger partial charge in [-0.3, -0.25) is 4.79 Å². The number of hydrogen-bond acceptors (Lipinski definition) is 1. The van der Waals surface area contributed by atoms with Crippen molar-refractivity contribution in [2.75, 3.05) is 0 Å². The van der Waals surface area contributed by atoms with Crippen molar-refractivity contribution in [3.63, 3.8) is 0 Å². The van der Waals surface area contributed by atoms with Gasteiger partial charge in [0.05, 0.1) is 0 Å². The Kier molecular flexibility index (Phi) is 5.18. The summed E-state index contributed by atoms with van der Waals surface area (Å²) in [7, 11) is 0. The molecule has 0 aromatic carbocycles. The molecular formula is C11H20F2O2. The molecule has 1 unspecified atom stereocenters. The zero-order valence-electron chi connectivity index (χ0n) is 9.65. The van der Waals surface area contributed by atoms with Gasteiger partial charge in [-0.05, 0) is 12.8 Å². The van der Waals surface area contributed by atoms with Crippen LogP contribution in [0.1, 0.15) is 52.9 Å². The lowest BCUT2D eigenvalue weighted by Gasteiger charge is -2.33. The summed E-state index contributed by atoms with van der Waals surface area (Å²) in [5.41, 5.74) is -1.89. The summed E-state index contributed by atoms with van der Waals surface area (Å²) in [5, 5.41) is 8.98. The Balaban J connectivity index is 4.76. The third-order valence-electron chi connectivity index (χ3n) is 3.06. The standard InChI is InChI=1S/C11H20F2O2/c1-4-6-7-8-11(5-2,9(14)15)10(3,12)13/h4-8H2,1-3H3,(H,14,15). The summed E-state index contributed by atoms with van der Waals surface area (Å²) in [6.45, 7) is 4.17. The maximum absolute atomic E-state index is 13.3. The van der Waals surface area contributed by atoms with Crippen LogP contribution in [0.2, 0.25) is 0 Å². The highest BCUT2D eigenvalue weighted by Crippen LogP contribution is 2.44. The van der Waals surface area contributed by atoms with Gasteiger partial charge in [0, 0.05) is 6.92 Å². The lowest BCUT2D eigenvalue weighted by atomic mass is 9.75. The molecule has 0 aliphatic carbocycles. The van der Waals surface area contributed by atoms with Gasteiger partial charge in [0.2, 0.25) is 0 Å². The number of carbonyl (C=O) groups is 1. The van der Waals surface area contributed by atoms with Crippen LogP contribution < -0.4 is 0 Å². The molecule has 0 fully saturated rings. The molecule has 1 N–H and O–H groups in total. The van der Waals surface area contributed by atoms with Crippen LogP contribution >= 0.6 is 0 Å². The highest BCUT2D eigenvalue weighted by molar-refractivity contribution is 5.75. The molecule has 1 atom stereocenters. The molecular weight excluding hydrogens is 202 g/mol. The Morgan fingerprint density at radius 1 is 1.27 bits per heavy atom. The third-order valence-corrected chi connectivity index (χ3v) is 3.06. The fourth-order valence-electron chi connectivity index (χ4n) is 1.83. The fourth-order valence-corrected chi connectivity index (χ4v) is 1.83. The summed E-state index contributed by atoms with van der Waals surface area (Å²) >= 11 is 0. The van der Waals surface area contributed by atoms with Crippen molar-refractivity contribution >= 4 is 5.97 Å². The van der Waals surface area contributed by atoms with Crippen LogP contribution in [-0.2, 0) is 4.79 Å². The largest absolute Gasteiger partial charge is 0.481 e. The average molecular weight is 222 g/mol. The molecule has 4 heteroatoms. The van der Waals surface area contributed by atoms with Crippen LogP contribution in [0.3, 0.4) is 0 Å². The maximum Gasteiger partial charge on any atom is 0.315 e. The van der Waals surface area contributed by atoms with E-state index in [9.17, 15) is 13.6 Å². The molecule has 15 heavy (non-hydrogen) atoms. The summed E-state index contributed by atoms with van der Waals surface area (Å²) in [6.07, 6.45) is 2.26. The monoisotopic (exact) mass is 222 g/mol. The molecule has 0 saturated carbocycles. The first-order valence-corrected chi connectivity index (χ1v) is 5.43. The zero-order valence-corrected chi connectivity index (χ0v) is 9.65. The van der Waals surface area contributed by atoms with Crippen LogP contribution in [0, 0.1) is 5.41 Å². The van der Waals surface area contributed by atoms with Crippen molar-refractivity contribution in [1.29, 1.82) is 0 Å². The lowest BCUT2D eigenvalue weighted by molar-refractivity contribution is -0.178. The molecule has 0 aliphatic rings. The quantitative estimate of drug-likeness (QED) is 0.667. The molecule has 0 saturated heterocycles. The van der Waals surface area contributed by atoms with Gasteiger partial charge in [-0.2, -0.15) is 0 Å². The van der Waals surface area contributed by atoms with Crippen molar-refractivity contribution in [3.8, 4) is 0 Å². The van der Waals surface area contributed by atoms with Gasteiger partial charge >= 0.3 is 5.97 Å². The summed E-state index contributed by atoms with van der Waals surface area (Å²) in [6, 6.07) is 0. The van der Waals surface area contributed by atoms with E-state index in [0.29, 0.717) is 13.3 Å². The number of carboxylic acids is 1. The predicted octanol–water partition coefficient (Wildman–Crippen LogP) is 3.70. The van der Waals surface area contributed by atoms with E-state index in [1.807, 2.05) is 6.92 Å². The number of aliphatic carboxylic acids is 1. The van der Waals surface area contributed by atoms with Gasteiger partial charge in [0.15, 0.2) is 0 Å². The Labute approximate surface area is 89.7 Å². The number of rotatable bonds is 7. The smallest absolute Gasteiger partial charge is 0.315 e. The molecule has 0 aromatic rings.